The number of nitrogens with zero attached hydrogens (tertiary/aromatic N) is 1. The summed E-state index contributed by atoms with van der Waals surface area (Å²) in [5.41, 5.74) is -0.0853. The minimum Gasteiger partial charge on any atom is -0.466 e. The van der Waals surface area contributed by atoms with E-state index in [0.29, 0.717) is 5.56 Å². The Labute approximate surface area is 116 Å². The summed E-state index contributed by atoms with van der Waals surface area (Å²) in [6.45, 7) is 1.90. The number of aromatic nitrogens is 1. The van der Waals surface area contributed by atoms with E-state index in [1.807, 2.05) is 0 Å². The lowest BCUT2D eigenvalue weighted by Gasteiger charge is -2.08. The van der Waals surface area contributed by atoms with Crippen LogP contribution in [0.3, 0.4) is 0 Å². The second kappa shape index (κ2) is 6.44. The molecule has 0 aliphatic carbocycles. The van der Waals surface area contributed by atoms with Gasteiger partial charge < -0.3 is 4.74 Å². The molecule has 1 aromatic rings. The first-order valence-electron chi connectivity index (χ1n) is 4.74. The molecule has 0 aliphatic rings. The van der Waals surface area contributed by atoms with Crippen LogP contribution in [0, 0.1) is 3.70 Å². The topological polar surface area (TPSA) is 39.2 Å². The standard InChI is InChI=1S/C10H9ClF2INO2/c1-2-17-7(16)4-5-3-6(9(12)13)15-10(14)8(5)11/h3,9H,2,4H2,1H3. The highest BCUT2D eigenvalue weighted by atomic mass is 127. The van der Waals surface area contributed by atoms with E-state index in [2.05, 4.69) is 4.98 Å². The molecule has 0 aromatic carbocycles. The lowest BCUT2D eigenvalue weighted by Crippen LogP contribution is -2.09. The predicted octanol–water partition coefficient (Wildman–Crippen LogP) is 3.38. The Morgan fingerprint density at radius 2 is 2.29 bits per heavy atom. The molecule has 1 aromatic heterocycles. The van der Waals surface area contributed by atoms with Crippen LogP contribution in [0.4, 0.5) is 8.78 Å². The fourth-order valence-corrected chi connectivity index (χ4v) is 1.97. The Hall–Kier alpha value is -0.500. The van der Waals surface area contributed by atoms with Crippen LogP contribution < -0.4 is 0 Å². The van der Waals surface area contributed by atoms with Gasteiger partial charge in [-0.2, -0.15) is 0 Å². The molecule has 0 saturated heterocycles. The van der Waals surface area contributed by atoms with Crippen molar-refractivity contribution in [3.8, 4) is 0 Å². The average Bonchev–Trinajstić information content (AvgIpc) is 2.24. The average molecular weight is 376 g/mol. The number of ether oxygens (including phenoxy) is 1. The first-order valence-corrected chi connectivity index (χ1v) is 6.20. The normalized spacial score (nSPS) is 10.7. The number of carbonyl (C=O) groups excluding carboxylic acids is 1. The molecule has 1 rings (SSSR count). The van der Waals surface area contributed by atoms with Crippen LogP contribution in [-0.2, 0) is 16.0 Å². The Morgan fingerprint density at radius 1 is 1.65 bits per heavy atom. The second-order valence-corrected chi connectivity index (χ2v) is 4.49. The number of hydrogen-bond acceptors (Lipinski definition) is 3. The van der Waals surface area contributed by atoms with Gasteiger partial charge in [0.15, 0.2) is 0 Å². The maximum atomic E-state index is 12.5. The van der Waals surface area contributed by atoms with Gasteiger partial charge in [0.25, 0.3) is 6.43 Å². The Kier molecular flexibility index (Phi) is 5.51. The lowest BCUT2D eigenvalue weighted by molar-refractivity contribution is -0.142. The fourth-order valence-electron chi connectivity index (χ4n) is 1.18. The van der Waals surface area contributed by atoms with Crippen molar-refractivity contribution in [3.63, 3.8) is 0 Å². The summed E-state index contributed by atoms with van der Waals surface area (Å²) >= 11 is 7.64. The molecule has 0 fully saturated rings. The molecule has 0 N–H and O–H groups in total. The highest BCUT2D eigenvalue weighted by molar-refractivity contribution is 14.1. The smallest absolute Gasteiger partial charge is 0.310 e. The van der Waals surface area contributed by atoms with Crippen molar-refractivity contribution in [2.45, 2.75) is 19.8 Å². The molecular weight excluding hydrogens is 366 g/mol. The minimum atomic E-state index is -2.69. The quantitative estimate of drug-likeness (QED) is 0.460. The Bertz CT molecular complexity index is 429. The fraction of sp³-hybridized carbons (Fsp3) is 0.400. The van der Waals surface area contributed by atoms with E-state index in [1.165, 1.54) is 0 Å². The Balaban J connectivity index is 3.01. The van der Waals surface area contributed by atoms with E-state index in [0.717, 1.165) is 6.07 Å². The lowest BCUT2D eigenvalue weighted by atomic mass is 10.1. The summed E-state index contributed by atoms with van der Waals surface area (Å²) in [5.74, 6) is -0.503. The maximum absolute atomic E-state index is 12.5. The number of halogens is 4. The monoisotopic (exact) mass is 375 g/mol. The molecule has 0 saturated carbocycles. The number of carbonyl (C=O) groups is 1. The minimum absolute atomic E-state index is 0.134. The Morgan fingerprint density at radius 3 is 2.82 bits per heavy atom. The molecule has 0 unspecified atom stereocenters. The number of hydrogen-bond donors (Lipinski definition) is 0. The van der Waals surface area contributed by atoms with E-state index in [1.54, 1.807) is 29.5 Å². The van der Waals surface area contributed by atoms with Gasteiger partial charge in [-0.15, -0.1) is 0 Å². The molecule has 0 atom stereocenters. The number of alkyl halides is 2. The van der Waals surface area contributed by atoms with E-state index >= 15 is 0 Å². The zero-order valence-corrected chi connectivity index (χ0v) is 11.8. The first kappa shape index (κ1) is 14.6. The summed E-state index contributed by atoms with van der Waals surface area (Å²) < 4.78 is 30.0. The van der Waals surface area contributed by atoms with E-state index in [4.69, 9.17) is 16.3 Å². The molecule has 0 radical (unpaired) electrons. The summed E-state index contributed by atoms with van der Waals surface area (Å²) in [4.78, 5) is 14.9. The van der Waals surface area contributed by atoms with E-state index < -0.39 is 18.1 Å². The van der Waals surface area contributed by atoms with Gasteiger partial charge in [-0.1, -0.05) is 11.6 Å². The van der Waals surface area contributed by atoms with Crippen LogP contribution in [-0.4, -0.2) is 17.6 Å². The van der Waals surface area contributed by atoms with Crippen molar-refractivity contribution in [1.29, 1.82) is 0 Å². The highest BCUT2D eigenvalue weighted by Crippen LogP contribution is 2.27. The molecule has 7 heteroatoms. The van der Waals surface area contributed by atoms with Crippen LogP contribution in [0.2, 0.25) is 5.02 Å². The zero-order valence-electron chi connectivity index (χ0n) is 8.84. The van der Waals surface area contributed by atoms with Crippen LogP contribution in [0.5, 0.6) is 0 Å². The van der Waals surface area contributed by atoms with Gasteiger partial charge in [-0.3, -0.25) is 4.79 Å². The van der Waals surface area contributed by atoms with E-state index in [9.17, 15) is 13.6 Å². The summed E-state index contributed by atoms with van der Waals surface area (Å²) in [6.07, 6.45) is -2.83. The zero-order chi connectivity index (χ0) is 13.0. The van der Waals surface area contributed by atoms with Crippen molar-refractivity contribution in [3.05, 3.63) is 26.0 Å². The van der Waals surface area contributed by atoms with Crippen LogP contribution in [0.25, 0.3) is 0 Å². The molecule has 0 spiro atoms. The van der Waals surface area contributed by atoms with Gasteiger partial charge >= 0.3 is 5.97 Å². The third kappa shape index (κ3) is 4.02. The number of rotatable bonds is 4. The predicted molar refractivity (Wildman–Crippen MR) is 67.3 cm³/mol. The molecular formula is C10H9ClF2INO2. The molecule has 17 heavy (non-hydrogen) atoms. The molecule has 0 bridgehead atoms. The van der Waals surface area contributed by atoms with Crippen LogP contribution in [0.15, 0.2) is 6.07 Å². The molecule has 0 amide bonds. The van der Waals surface area contributed by atoms with Crippen molar-refractivity contribution < 1.29 is 18.3 Å². The van der Waals surface area contributed by atoms with Crippen LogP contribution in [0.1, 0.15) is 24.6 Å². The molecule has 3 nitrogen and oxygen atoms in total. The summed E-state index contributed by atoms with van der Waals surface area (Å²) in [7, 11) is 0. The van der Waals surface area contributed by atoms with Gasteiger partial charge in [-0.05, 0) is 41.1 Å². The third-order valence-electron chi connectivity index (χ3n) is 1.88. The van der Waals surface area contributed by atoms with Gasteiger partial charge in [0.05, 0.1) is 18.1 Å². The van der Waals surface area contributed by atoms with Crippen LogP contribution >= 0.6 is 34.2 Å². The second-order valence-electron chi connectivity index (χ2n) is 3.09. The molecule has 94 valence electrons. The maximum Gasteiger partial charge on any atom is 0.310 e. The first-order chi connectivity index (χ1) is 7.95. The highest BCUT2D eigenvalue weighted by Gasteiger charge is 2.17. The third-order valence-corrected chi connectivity index (χ3v) is 3.40. The van der Waals surface area contributed by atoms with Gasteiger partial charge in [-0.25, -0.2) is 13.8 Å². The number of esters is 1. The van der Waals surface area contributed by atoms with Gasteiger partial charge in [0.1, 0.15) is 9.39 Å². The largest absolute Gasteiger partial charge is 0.466 e. The van der Waals surface area contributed by atoms with Gasteiger partial charge in [0.2, 0.25) is 0 Å². The van der Waals surface area contributed by atoms with Gasteiger partial charge in [0, 0.05) is 0 Å². The van der Waals surface area contributed by atoms with Crippen molar-refractivity contribution in [2.24, 2.45) is 0 Å². The molecule has 1 heterocycles. The summed E-state index contributed by atoms with van der Waals surface area (Å²) in [6, 6.07) is 1.13. The van der Waals surface area contributed by atoms with E-state index in [-0.39, 0.29) is 21.8 Å². The van der Waals surface area contributed by atoms with Crippen molar-refractivity contribution in [2.75, 3.05) is 6.61 Å². The van der Waals surface area contributed by atoms with Crippen molar-refractivity contribution >= 4 is 40.2 Å². The molecule has 0 aliphatic heterocycles. The van der Waals surface area contributed by atoms with Crippen molar-refractivity contribution in [1.82, 2.24) is 4.98 Å². The SMILES string of the molecule is CCOC(=O)Cc1cc(C(F)F)nc(I)c1Cl. The summed E-state index contributed by atoms with van der Waals surface area (Å²) in [5, 5.41) is 0.211. The number of pyridine rings is 1.